The van der Waals surface area contributed by atoms with Crippen molar-refractivity contribution in [1.82, 2.24) is 0 Å². The van der Waals surface area contributed by atoms with Crippen molar-refractivity contribution in [2.24, 2.45) is 0 Å². The minimum absolute atomic E-state index is 0.0434. The maximum absolute atomic E-state index is 10.8. The lowest BCUT2D eigenvalue weighted by Gasteiger charge is -2.03. The molecular weight excluding hydrogens is 238 g/mol. The average molecular weight is 251 g/mol. The molecule has 5 heteroatoms. The van der Waals surface area contributed by atoms with Crippen molar-refractivity contribution in [1.29, 1.82) is 0 Å². The van der Waals surface area contributed by atoms with Crippen LogP contribution in [0.5, 0.6) is 0 Å². The van der Waals surface area contributed by atoms with Crippen molar-refractivity contribution < 1.29 is 14.7 Å². The Morgan fingerprint density at radius 2 is 2.18 bits per heavy atom. The first kappa shape index (κ1) is 13.3. The number of aromatic carboxylic acids is 1. The lowest BCUT2D eigenvalue weighted by atomic mass is 10.1. The number of para-hydroxylation sites is 1. The molecule has 0 aliphatic carbocycles. The number of hydrogen-bond acceptors (Lipinski definition) is 4. The molecular formula is C12H13NO3S. The Balaban J connectivity index is 2.81. The van der Waals surface area contributed by atoms with E-state index in [0.717, 1.165) is 0 Å². The summed E-state index contributed by atoms with van der Waals surface area (Å²) in [4.78, 5) is 21.5. The van der Waals surface area contributed by atoms with Gasteiger partial charge in [-0.25, -0.2) is 4.79 Å². The highest BCUT2D eigenvalue weighted by Gasteiger charge is 2.08. The molecule has 4 nitrogen and oxygen atoms in total. The molecule has 1 rings (SSSR count). The fourth-order valence-corrected chi connectivity index (χ4v) is 1.68. The van der Waals surface area contributed by atoms with Crippen molar-refractivity contribution in [3.8, 4) is 0 Å². The molecule has 0 spiro atoms. The molecule has 1 aromatic rings. The molecule has 0 unspecified atom stereocenters. The summed E-state index contributed by atoms with van der Waals surface area (Å²) in [5.41, 5.74) is 6.70. The van der Waals surface area contributed by atoms with Gasteiger partial charge >= 0.3 is 5.97 Å². The van der Waals surface area contributed by atoms with Crippen LogP contribution >= 0.6 is 11.8 Å². The molecule has 1 aromatic carbocycles. The molecule has 0 saturated carbocycles. The number of nitrogens with two attached hydrogens (primary N) is 1. The molecule has 0 aromatic heterocycles. The molecule has 0 bridgehead atoms. The third-order valence-electron chi connectivity index (χ3n) is 2.05. The van der Waals surface area contributed by atoms with E-state index in [4.69, 9.17) is 10.8 Å². The Morgan fingerprint density at radius 3 is 2.76 bits per heavy atom. The summed E-state index contributed by atoms with van der Waals surface area (Å²) in [6.45, 7) is 1.50. The molecule has 0 saturated heterocycles. The summed E-state index contributed by atoms with van der Waals surface area (Å²) in [6.07, 6.45) is 3.50. The maximum atomic E-state index is 10.8. The fraction of sp³-hybridized carbons (Fsp3) is 0.167. The summed E-state index contributed by atoms with van der Waals surface area (Å²) < 4.78 is 0. The predicted octanol–water partition coefficient (Wildman–Crippen LogP) is 2.26. The fourth-order valence-electron chi connectivity index (χ4n) is 1.26. The first-order valence-electron chi connectivity index (χ1n) is 4.94. The molecule has 0 amide bonds. The normalized spacial score (nSPS) is 10.6. The number of carboxylic acid groups (broad SMARTS) is 1. The largest absolute Gasteiger partial charge is 0.478 e. The first-order valence-corrected chi connectivity index (χ1v) is 5.92. The number of benzene rings is 1. The zero-order chi connectivity index (χ0) is 12.8. The Bertz CT molecular complexity index is 469. The van der Waals surface area contributed by atoms with Crippen LogP contribution in [-0.2, 0) is 4.79 Å². The number of carboxylic acids is 1. The van der Waals surface area contributed by atoms with Crippen molar-refractivity contribution in [3.63, 3.8) is 0 Å². The van der Waals surface area contributed by atoms with Gasteiger partial charge in [-0.1, -0.05) is 36.0 Å². The van der Waals surface area contributed by atoms with Crippen molar-refractivity contribution in [2.45, 2.75) is 6.92 Å². The second-order valence-corrected chi connectivity index (χ2v) is 4.52. The number of carbonyl (C=O) groups is 2. The van der Waals surface area contributed by atoms with Gasteiger partial charge in [0.15, 0.2) is 5.12 Å². The second-order valence-electron chi connectivity index (χ2n) is 3.32. The highest BCUT2D eigenvalue weighted by Crippen LogP contribution is 2.19. The number of nitrogen functional groups attached to an aromatic ring is 1. The van der Waals surface area contributed by atoms with Crippen molar-refractivity contribution >= 4 is 34.6 Å². The standard InChI is InChI=1S/C12H13NO3S/c1-8(14)17-7-3-5-9-4-2-6-10(11(9)13)12(15)16/h2-6H,7,13H2,1H3,(H,15,16). The Kier molecular flexibility index (Phi) is 4.78. The van der Waals surface area contributed by atoms with Gasteiger partial charge in [-0.2, -0.15) is 0 Å². The van der Waals surface area contributed by atoms with Gasteiger partial charge in [0.25, 0.3) is 0 Å². The Labute approximate surface area is 104 Å². The van der Waals surface area contributed by atoms with Crippen LogP contribution in [-0.4, -0.2) is 21.9 Å². The Morgan fingerprint density at radius 1 is 1.47 bits per heavy atom. The van der Waals surface area contributed by atoms with Crippen molar-refractivity contribution in [2.75, 3.05) is 11.5 Å². The molecule has 0 atom stereocenters. The average Bonchev–Trinajstić information content (AvgIpc) is 2.25. The van der Waals surface area contributed by atoms with Crippen LogP contribution in [0.15, 0.2) is 24.3 Å². The molecule has 0 fully saturated rings. The summed E-state index contributed by atoms with van der Waals surface area (Å²) in [7, 11) is 0. The minimum Gasteiger partial charge on any atom is -0.478 e. The van der Waals surface area contributed by atoms with Gasteiger partial charge in [-0.15, -0.1) is 0 Å². The maximum Gasteiger partial charge on any atom is 0.337 e. The molecule has 3 N–H and O–H groups in total. The first-order chi connectivity index (χ1) is 8.02. The van der Waals surface area contributed by atoms with Gasteiger partial charge in [0.2, 0.25) is 0 Å². The van der Waals surface area contributed by atoms with E-state index in [1.165, 1.54) is 24.8 Å². The van der Waals surface area contributed by atoms with E-state index >= 15 is 0 Å². The monoisotopic (exact) mass is 251 g/mol. The van der Waals surface area contributed by atoms with Crippen LogP contribution in [0.1, 0.15) is 22.8 Å². The summed E-state index contributed by atoms with van der Waals surface area (Å²) in [6, 6.07) is 4.83. The number of anilines is 1. The molecule has 0 heterocycles. The van der Waals surface area contributed by atoms with Gasteiger partial charge in [0, 0.05) is 12.7 Å². The predicted molar refractivity (Wildman–Crippen MR) is 70.0 cm³/mol. The molecule has 17 heavy (non-hydrogen) atoms. The topological polar surface area (TPSA) is 80.4 Å². The van der Waals surface area contributed by atoms with Gasteiger partial charge in [0.1, 0.15) is 0 Å². The van der Waals surface area contributed by atoms with E-state index in [9.17, 15) is 9.59 Å². The van der Waals surface area contributed by atoms with E-state index < -0.39 is 5.97 Å². The van der Waals surface area contributed by atoms with Crippen LogP contribution in [0.25, 0.3) is 6.08 Å². The lowest BCUT2D eigenvalue weighted by Crippen LogP contribution is -2.03. The molecule has 90 valence electrons. The van der Waals surface area contributed by atoms with E-state index in [-0.39, 0.29) is 16.4 Å². The SMILES string of the molecule is CC(=O)SCC=Cc1cccc(C(=O)O)c1N. The van der Waals surface area contributed by atoms with E-state index in [1.54, 1.807) is 24.3 Å². The highest BCUT2D eigenvalue weighted by molar-refractivity contribution is 8.13. The number of rotatable bonds is 4. The van der Waals surface area contributed by atoms with E-state index in [1.807, 2.05) is 0 Å². The van der Waals surface area contributed by atoms with E-state index in [0.29, 0.717) is 11.3 Å². The molecule has 0 radical (unpaired) electrons. The summed E-state index contributed by atoms with van der Waals surface area (Å²) in [5.74, 6) is -0.498. The number of thioether (sulfide) groups is 1. The van der Waals surface area contributed by atoms with Crippen LogP contribution in [0, 0.1) is 0 Å². The van der Waals surface area contributed by atoms with Gasteiger partial charge in [0.05, 0.1) is 11.3 Å². The van der Waals surface area contributed by atoms with E-state index in [2.05, 4.69) is 0 Å². The van der Waals surface area contributed by atoms with Crippen LogP contribution < -0.4 is 5.73 Å². The molecule has 0 aliphatic rings. The minimum atomic E-state index is -1.05. The van der Waals surface area contributed by atoms with Crippen LogP contribution in [0.4, 0.5) is 5.69 Å². The van der Waals surface area contributed by atoms with Gasteiger partial charge < -0.3 is 10.8 Å². The summed E-state index contributed by atoms with van der Waals surface area (Å²) >= 11 is 1.18. The number of carbonyl (C=O) groups excluding carboxylic acids is 1. The zero-order valence-electron chi connectivity index (χ0n) is 9.34. The van der Waals surface area contributed by atoms with Gasteiger partial charge in [-0.3, -0.25) is 4.79 Å². The van der Waals surface area contributed by atoms with Crippen LogP contribution in [0.3, 0.4) is 0 Å². The summed E-state index contributed by atoms with van der Waals surface area (Å²) in [5, 5.41) is 8.93. The quantitative estimate of drug-likeness (QED) is 0.802. The zero-order valence-corrected chi connectivity index (χ0v) is 10.2. The van der Waals surface area contributed by atoms with Gasteiger partial charge in [-0.05, 0) is 11.6 Å². The molecule has 0 aliphatic heterocycles. The lowest BCUT2D eigenvalue weighted by molar-refractivity contribution is -0.109. The third-order valence-corrected chi connectivity index (χ3v) is 2.82. The number of hydrogen-bond donors (Lipinski definition) is 2. The third kappa shape index (κ3) is 3.96. The Hall–Kier alpha value is -1.75. The smallest absolute Gasteiger partial charge is 0.337 e. The van der Waals surface area contributed by atoms with Crippen LogP contribution in [0.2, 0.25) is 0 Å². The highest BCUT2D eigenvalue weighted by atomic mass is 32.2. The second kappa shape index (κ2) is 6.10. The van der Waals surface area contributed by atoms with Crippen molar-refractivity contribution in [3.05, 3.63) is 35.4 Å².